The van der Waals surface area contributed by atoms with Crippen LogP contribution in [-0.4, -0.2) is 16.0 Å². The van der Waals surface area contributed by atoms with Crippen LogP contribution in [0.3, 0.4) is 0 Å². The van der Waals surface area contributed by atoms with Crippen molar-refractivity contribution in [2.45, 2.75) is 13.8 Å². The smallest absolute Gasteiger partial charge is 0.170 e. The molecule has 2 N–H and O–H groups in total. The Morgan fingerprint density at radius 3 is 2.43 bits per heavy atom. The lowest BCUT2D eigenvalue weighted by molar-refractivity contribution is 0.0936. The van der Waals surface area contributed by atoms with E-state index in [1.165, 1.54) is 12.1 Å². The van der Waals surface area contributed by atoms with Crippen LogP contribution in [0.2, 0.25) is 5.02 Å². The monoisotopic (exact) mass is 214 g/mol. The predicted molar refractivity (Wildman–Crippen MR) is 54.0 cm³/mol. The fraction of sp³-hybridized carbons (Fsp3) is 0.300. The van der Waals surface area contributed by atoms with Crippen LogP contribution in [0.5, 0.6) is 11.5 Å². The van der Waals surface area contributed by atoms with Crippen molar-refractivity contribution in [1.29, 1.82) is 0 Å². The Balaban J connectivity index is 3.33. The lowest BCUT2D eigenvalue weighted by Crippen LogP contribution is -2.08. The van der Waals surface area contributed by atoms with Crippen LogP contribution in [0.25, 0.3) is 0 Å². The highest BCUT2D eigenvalue weighted by molar-refractivity contribution is 6.34. The lowest BCUT2D eigenvalue weighted by Gasteiger charge is -2.09. The van der Waals surface area contributed by atoms with Crippen LogP contribution < -0.4 is 0 Å². The molecule has 0 saturated carbocycles. The summed E-state index contributed by atoms with van der Waals surface area (Å²) in [5.41, 5.74) is -0.0123. The van der Waals surface area contributed by atoms with E-state index in [0.717, 1.165) is 0 Å². The first-order valence-corrected chi connectivity index (χ1v) is 4.57. The van der Waals surface area contributed by atoms with Gasteiger partial charge in [-0.3, -0.25) is 4.79 Å². The van der Waals surface area contributed by atoms with Gasteiger partial charge in [0.2, 0.25) is 0 Å². The zero-order valence-electron chi connectivity index (χ0n) is 7.91. The number of phenols is 2. The Kier molecular flexibility index (Phi) is 3.01. The molecule has 0 aliphatic rings. The molecule has 1 aromatic rings. The van der Waals surface area contributed by atoms with E-state index in [0.29, 0.717) is 0 Å². The van der Waals surface area contributed by atoms with Crippen molar-refractivity contribution in [1.82, 2.24) is 0 Å². The molecule has 0 aliphatic heterocycles. The molecule has 0 unspecified atom stereocenters. The molecule has 76 valence electrons. The normalized spacial score (nSPS) is 10.6. The van der Waals surface area contributed by atoms with Crippen molar-refractivity contribution in [3.63, 3.8) is 0 Å². The Morgan fingerprint density at radius 1 is 1.36 bits per heavy atom. The fourth-order valence-electron chi connectivity index (χ4n) is 1.08. The van der Waals surface area contributed by atoms with Crippen molar-refractivity contribution < 1.29 is 15.0 Å². The molecule has 0 aromatic heterocycles. The molecular formula is C10H11ClO3. The largest absolute Gasteiger partial charge is 0.504 e. The van der Waals surface area contributed by atoms with Crippen LogP contribution in [-0.2, 0) is 0 Å². The minimum absolute atomic E-state index is 0.0123. The van der Waals surface area contributed by atoms with Crippen LogP contribution in [0.15, 0.2) is 12.1 Å². The molecule has 0 atom stereocenters. The number of hydrogen-bond acceptors (Lipinski definition) is 3. The van der Waals surface area contributed by atoms with Gasteiger partial charge in [0.15, 0.2) is 17.3 Å². The van der Waals surface area contributed by atoms with Crippen molar-refractivity contribution in [2.75, 3.05) is 0 Å². The number of carbonyl (C=O) groups is 1. The molecule has 3 nitrogen and oxygen atoms in total. The summed E-state index contributed by atoms with van der Waals surface area (Å²) in [7, 11) is 0. The van der Waals surface area contributed by atoms with Gasteiger partial charge in [-0.15, -0.1) is 0 Å². The lowest BCUT2D eigenvalue weighted by atomic mass is 10.00. The summed E-state index contributed by atoms with van der Waals surface area (Å²) >= 11 is 5.75. The molecule has 0 spiro atoms. The molecule has 0 aliphatic carbocycles. The number of aromatic hydroxyl groups is 2. The first kappa shape index (κ1) is 10.9. The SMILES string of the molecule is CC(C)C(=O)c1c(Cl)ccc(O)c1O. The number of carbonyl (C=O) groups excluding carboxylic acids is 1. The Morgan fingerprint density at radius 2 is 1.93 bits per heavy atom. The van der Waals surface area contributed by atoms with Crippen molar-refractivity contribution >= 4 is 17.4 Å². The molecule has 0 fully saturated rings. The Labute approximate surface area is 86.9 Å². The summed E-state index contributed by atoms with van der Waals surface area (Å²) in [6, 6.07) is 2.63. The topological polar surface area (TPSA) is 57.5 Å². The van der Waals surface area contributed by atoms with E-state index in [4.69, 9.17) is 11.6 Å². The van der Waals surface area contributed by atoms with Gasteiger partial charge in [0, 0.05) is 5.92 Å². The summed E-state index contributed by atoms with van der Waals surface area (Å²) in [6.07, 6.45) is 0. The summed E-state index contributed by atoms with van der Waals surface area (Å²) in [5.74, 6) is -1.35. The molecule has 1 aromatic carbocycles. The predicted octanol–water partition coefficient (Wildman–Crippen LogP) is 2.59. The summed E-state index contributed by atoms with van der Waals surface area (Å²) in [5, 5.41) is 18.8. The van der Waals surface area contributed by atoms with E-state index < -0.39 is 5.75 Å². The zero-order valence-corrected chi connectivity index (χ0v) is 8.67. The summed E-state index contributed by atoms with van der Waals surface area (Å²) < 4.78 is 0. The third-order valence-corrected chi connectivity index (χ3v) is 2.19. The van der Waals surface area contributed by atoms with Gasteiger partial charge in [-0.2, -0.15) is 0 Å². The number of hydrogen-bond donors (Lipinski definition) is 2. The van der Waals surface area contributed by atoms with E-state index in [1.54, 1.807) is 13.8 Å². The van der Waals surface area contributed by atoms with E-state index >= 15 is 0 Å². The minimum Gasteiger partial charge on any atom is -0.504 e. The number of Topliss-reactive ketones (excluding diaryl/α,β-unsaturated/α-hetero) is 1. The number of phenolic OH excluding ortho intramolecular Hbond substituents is 2. The standard InChI is InChI=1S/C10H11ClO3/c1-5(2)9(13)8-6(11)3-4-7(12)10(8)14/h3-5,12,14H,1-2H3. The maximum absolute atomic E-state index is 11.6. The van der Waals surface area contributed by atoms with E-state index in [-0.39, 0.29) is 28.0 Å². The molecule has 0 bridgehead atoms. The van der Waals surface area contributed by atoms with Gasteiger partial charge in [0.05, 0.1) is 10.6 Å². The fourth-order valence-corrected chi connectivity index (χ4v) is 1.32. The summed E-state index contributed by atoms with van der Waals surface area (Å²) in [4.78, 5) is 11.6. The molecule has 1 rings (SSSR count). The average molecular weight is 215 g/mol. The Hall–Kier alpha value is -1.22. The number of halogens is 1. The number of rotatable bonds is 2. The maximum Gasteiger partial charge on any atom is 0.170 e. The quantitative estimate of drug-likeness (QED) is 0.588. The molecule has 0 heterocycles. The van der Waals surface area contributed by atoms with E-state index in [2.05, 4.69) is 0 Å². The van der Waals surface area contributed by atoms with Crippen molar-refractivity contribution in [2.24, 2.45) is 5.92 Å². The second kappa shape index (κ2) is 3.88. The Bertz CT molecular complexity index is 372. The second-order valence-corrected chi connectivity index (χ2v) is 3.72. The first-order chi connectivity index (χ1) is 6.45. The van der Waals surface area contributed by atoms with Gasteiger partial charge in [-0.05, 0) is 12.1 Å². The molecular weight excluding hydrogens is 204 g/mol. The van der Waals surface area contributed by atoms with E-state index in [9.17, 15) is 15.0 Å². The zero-order chi connectivity index (χ0) is 10.9. The van der Waals surface area contributed by atoms with Gasteiger partial charge in [0.25, 0.3) is 0 Å². The molecule has 14 heavy (non-hydrogen) atoms. The molecule has 4 heteroatoms. The van der Waals surface area contributed by atoms with Gasteiger partial charge in [-0.1, -0.05) is 25.4 Å². The average Bonchev–Trinajstić information content (AvgIpc) is 2.12. The van der Waals surface area contributed by atoms with Crippen LogP contribution >= 0.6 is 11.6 Å². The summed E-state index contributed by atoms with van der Waals surface area (Å²) in [6.45, 7) is 3.39. The van der Waals surface area contributed by atoms with Crippen LogP contribution in [0, 0.1) is 5.92 Å². The third kappa shape index (κ3) is 1.82. The van der Waals surface area contributed by atoms with Crippen molar-refractivity contribution in [3.8, 4) is 11.5 Å². The third-order valence-electron chi connectivity index (χ3n) is 1.88. The van der Waals surface area contributed by atoms with Crippen LogP contribution in [0.1, 0.15) is 24.2 Å². The molecule has 0 radical (unpaired) electrons. The number of benzene rings is 1. The highest BCUT2D eigenvalue weighted by atomic mass is 35.5. The van der Waals surface area contributed by atoms with Gasteiger partial charge in [-0.25, -0.2) is 0 Å². The van der Waals surface area contributed by atoms with Crippen molar-refractivity contribution in [3.05, 3.63) is 22.7 Å². The second-order valence-electron chi connectivity index (χ2n) is 3.31. The minimum atomic E-state index is -0.448. The van der Waals surface area contributed by atoms with Gasteiger partial charge in [0.1, 0.15) is 0 Å². The highest BCUT2D eigenvalue weighted by Gasteiger charge is 2.20. The molecule has 0 amide bonds. The maximum atomic E-state index is 11.6. The molecule has 0 saturated heterocycles. The number of ketones is 1. The first-order valence-electron chi connectivity index (χ1n) is 4.19. The van der Waals surface area contributed by atoms with Crippen LogP contribution in [0.4, 0.5) is 0 Å². The van der Waals surface area contributed by atoms with E-state index in [1.807, 2.05) is 0 Å². The highest BCUT2D eigenvalue weighted by Crippen LogP contribution is 2.35. The van der Waals surface area contributed by atoms with Gasteiger partial charge < -0.3 is 10.2 Å². The van der Waals surface area contributed by atoms with Gasteiger partial charge >= 0.3 is 0 Å².